The monoisotopic (exact) mass is 317 g/mol. The van der Waals surface area contributed by atoms with Crippen LogP contribution in [-0.4, -0.2) is 28.6 Å². The van der Waals surface area contributed by atoms with Gasteiger partial charge in [-0.05, 0) is 45.2 Å². The Morgan fingerprint density at radius 2 is 2.14 bits per heavy atom. The molecule has 1 aliphatic rings. The van der Waals surface area contributed by atoms with Gasteiger partial charge in [0, 0.05) is 23.7 Å². The summed E-state index contributed by atoms with van der Waals surface area (Å²) in [6.07, 6.45) is 3.68. The van der Waals surface area contributed by atoms with Gasteiger partial charge in [0.25, 0.3) is 0 Å². The second-order valence-corrected chi connectivity index (χ2v) is 7.40. The molecule has 0 bridgehead atoms. The molecule has 2 heterocycles. The number of thiophene rings is 1. The second kappa shape index (κ2) is 5.35. The van der Waals surface area contributed by atoms with E-state index in [1.807, 2.05) is 33.0 Å². The van der Waals surface area contributed by atoms with E-state index in [1.165, 1.54) is 16.2 Å². The third kappa shape index (κ3) is 2.83. The molecule has 22 heavy (non-hydrogen) atoms. The number of aromatic nitrogens is 2. The maximum Gasteiger partial charge on any atom is 0.348 e. The van der Waals surface area contributed by atoms with Gasteiger partial charge in [-0.25, -0.2) is 14.8 Å². The summed E-state index contributed by atoms with van der Waals surface area (Å²) < 4.78 is 5.46. The van der Waals surface area contributed by atoms with Crippen molar-refractivity contribution in [2.75, 3.05) is 12.4 Å². The van der Waals surface area contributed by atoms with Crippen molar-refractivity contribution >= 4 is 23.3 Å². The van der Waals surface area contributed by atoms with Crippen LogP contribution >= 0.6 is 11.3 Å². The van der Waals surface area contributed by atoms with E-state index < -0.39 is 5.60 Å². The third-order valence-corrected chi connectivity index (χ3v) is 4.55. The average Bonchev–Trinajstić information content (AvgIpc) is 2.89. The maximum atomic E-state index is 12.3. The lowest BCUT2D eigenvalue weighted by atomic mass is 9.96. The molecule has 2 aromatic rings. The fourth-order valence-electron chi connectivity index (χ4n) is 2.44. The molecular weight excluding hydrogens is 298 g/mol. The van der Waals surface area contributed by atoms with Crippen molar-refractivity contribution in [3.63, 3.8) is 0 Å². The summed E-state index contributed by atoms with van der Waals surface area (Å²) in [5.41, 5.74) is 2.60. The van der Waals surface area contributed by atoms with Crippen LogP contribution in [0.2, 0.25) is 0 Å². The Morgan fingerprint density at radius 1 is 1.36 bits per heavy atom. The summed E-state index contributed by atoms with van der Waals surface area (Å²) in [5.74, 6) is 0.327. The Kier molecular flexibility index (Phi) is 3.64. The van der Waals surface area contributed by atoms with E-state index in [0.29, 0.717) is 10.8 Å². The minimum Gasteiger partial charge on any atom is -0.456 e. The number of nitrogens with one attached hydrogen (secondary N) is 1. The van der Waals surface area contributed by atoms with E-state index in [9.17, 15) is 4.79 Å². The SMILES string of the molecule is CNc1ncc2c(n1)-c1cc(C(=O)OC(C)(C)C)sc1CC2. The van der Waals surface area contributed by atoms with Gasteiger partial charge in [0.1, 0.15) is 10.5 Å². The first kappa shape index (κ1) is 15.0. The molecular formula is C16H19N3O2S. The number of aryl methyl sites for hydroxylation is 2. The lowest BCUT2D eigenvalue weighted by Crippen LogP contribution is -2.23. The van der Waals surface area contributed by atoms with Crippen LogP contribution in [0, 0.1) is 0 Å². The van der Waals surface area contributed by atoms with Gasteiger partial charge in [0.15, 0.2) is 0 Å². The second-order valence-electron chi connectivity index (χ2n) is 6.27. The highest BCUT2D eigenvalue weighted by Crippen LogP contribution is 2.38. The highest BCUT2D eigenvalue weighted by atomic mass is 32.1. The van der Waals surface area contributed by atoms with E-state index in [4.69, 9.17) is 4.74 Å². The van der Waals surface area contributed by atoms with Crippen molar-refractivity contribution < 1.29 is 9.53 Å². The zero-order valence-corrected chi connectivity index (χ0v) is 14.0. The van der Waals surface area contributed by atoms with Gasteiger partial charge in [-0.2, -0.15) is 0 Å². The predicted molar refractivity (Wildman–Crippen MR) is 87.5 cm³/mol. The zero-order chi connectivity index (χ0) is 15.9. The normalized spacial score (nSPS) is 13.3. The first-order valence-corrected chi connectivity index (χ1v) is 8.09. The van der Waals surface area contributed by atoms with Crippen molar-refractivity contribution in [2.24, 2.45) is 0 Å². The van der Waals surface area contributed by atoms with Crippen LogP contribution in [0.3, 0.4) is 0 Å². The smallest absolute Gasteiger partial charge is 0.348 e. The Balaban J connectivity index is 1.98. The number of ether oxygens (including phenoxy) is 1. The van der Waals surface area contributed by atoms with E-state index in [2.05, 4.69) is 15.3 Å². The number of carbonyl (C=O) groups is 1. The number of rotatable bonds is 2. The van der Waals surface area contributed by atoms with Crippen LogP contribution in [0.15, 0.2) is 12.3 Å². The molecule has 0 amide bonds. The molecule has 0 atom stereocenters. The zero-order valence-electron chi connectivity index (χ0n) is 13.2. The number of nitrogens with zero attached hydrogens (tertiary/aromatic N) is 2. The lowest BCUT2D eigenvalue weighted by Gasteiger charge is -2.18. The standard InChI is InChI=1S/C16H19N3O2S/c1-16(2,3)21-14(20)12-7-10-11(22-12)6-5-9-8-18-15(17-4)19-13(9)10/h7-8H,5-6H2,1-4H3,(H,17,18,19). The largest absolute Gasteiger partial charge is 0.456 e. The quantitative estimate of drug-likeness (QED) is 0.861. The molecule has 0 spiro atoms. The number of hydrogen-bond donors (Lipinski definition) is 1. The highest BCUT2D eigenvalue weighted by Gasteiger charge is 2.25. The number of fused-ring (bicyclic) bond motifs is 3. The van der Waals surface area contributed by atoms with Crippen molar-refractivity contribution in [1.82, 2.24) is 9.97 Å². The van der Waals surface area contributed by atoms with Crippen molar-refractivity contribution in [3.8, 4) is 11.3 Å². The molecule has 1 aliphatic carbocycles. The molecule has 3 rings (SSSR count). The number of carbonyl (C=O) groups excluding carboxylic acids is 1. The molecule has 0 radical (unpaired) electrons. The molecule has 0 fully saturated rings. The van der Waals surface area contributed by atoms with E-state index in [-0.39, 0.29) is 5.97 Å². The molecule has 1 N–H and O–H groups in total. The minimum absolute atomic E-state index is 0.267. The lowest BCUT2D eigenvalue weighted by molar-refractivity contribution is 0.00752. The molecule has 0 aromatic carbocycles. The number of anilines is 1. The molecule has 116 valence electrons. The predicted octanol–water partition coefficient (Wildman–Crippen LogP) is 3.30. The summed E-state index contributed by atoms with van der Waals surface area (Å²) in [7, 11) is 1.80. The van der Waals surface area contributed by atoms with Crippen LogP contribution in [0.25, 0.3) is 11.3 Å². The van der Waals surface area contributed by atoms with Crippen LogP contribution in [0.1, 0.15) is 40.9 Å². The molecule has 6 heteroatoms. The number of esters is 1. The van der Waals surface area contributed by atoms with Gasteiger partial charge in [-0.3, -0.25) is 0 Å². The van der Waals surface area contributed by atoms with Gasteiger partial charge < -0.3 is 10.1 Å². The van der Waals surface area contributed by atoms with Gasteiger partial charge >= 0.3 is 5.97 Å². The molecule has 0 saturated heterocycles. The summed E-state index contributed by atoms with van der Waals surface area (Å²) in [6, 6.07) is 1.90. The third-order valence-electron chi connectivity index (χ3n) is 3.37. The number of hydrogen-bond acceptors (Lipinski definition) is 6. The van der Waals surface area contributed by atoms with Gasteiger partial charge in [-0.15, -0.1) is 11.3 Å². The molecule has 5 nitrogen and oxygen atoms in total. The van der Waals surface area contributed by atoms with Gasteiger partial charge in [0.05, 0.1) is 5.69 Å². The first-order chi connectivity index (χ1) is 10.4. The van der Waals surface area contributed by atoms with Crippen LogP contribution < -0.4 is 5.32 Å². The Hall–Kier alpha value is -1.95. The van der Waals surface area contributed by atoms with E-state index in [0.717, 1.165) is 29.7 Å². The summed E-state index contributed by atoms with van der Waals surface area (Å²) in [5, 5.41) is 2.96. The van der Waals surface area contributed by atoms with Crippen molar-refractivity contribution in [2.45, 2.75) is 39.2 Å². The van der Waals surface area contributed by atoms with E-state index >= 15 is 0 Å². The van der Waals surface area contributed by atoms with Crippen LogP contribution in [0.5, 0.6) is 0 Å². The molecule has 0 aliphatic heterocycles. The highest BCUT2D eigenvalue weighted by molar-refractivity contribution is 7.14. The fourth-order valence-corrected chi connectivity index (χ4v) is 3.47. The molecule has 0 saturated carbocycles. The first-order valence-electron chi connectivity index (χ1n) is 7.27. The minimum atomic E-state index is -0.485. The van der Waals surface area contributed by atoms with Crippen molar-refractivity contribution in [3.05, 3.63) is 27.6 Å². The topological polar surface area (TPSA) is 64.1 Å². The maximum absolute atomic E-state index is 12.3. The van der Waals surface area contributed by atoms with Crippen LogP contribution in [-0.2, 0) is 17.6 Å². The summed E-state index contributed by atoms with van der Waals surface area (Å²) in [4.78, 5) is 22.9. The van der Waals surface area contributed by atoms with Gasteiger partial charge in [0.2, 0.25) is 5.95 Å². The van der Waals surface area contributed by atoms with Crippen molar-refractivity contribution in [1.29, 1.82) is 0 Å². The van der Waals surface area contributed by atoms with Gasteiger partial charge in [-0.1, -0.05) is 0 Å². The summed E-state index contributed by atoms with van der Waals surface area (Å²) in [6.45, 7) is 5.63. The molecule has 0 unspecified atom stereocenters. The average molecular weight is 317 g/mol. The van der Waals surface area contributed by atoms with Crippen LogP contribution in [0.4, 0.5) is 5.95 Å². The fraction of sp³-hybridized carbons (Fsp3) is 0.438. The van der Waals surface area contributed by atoms with E-state index in [1.54, 1.807) is 7.05 Å². The molecule has 2 aromatic heterocycles. The summed E-state index contributed by atoms with van der Waals surface area (Å²) >= 11 is 1.51. The Labute approximate surface area is 133 Å². The Morgan fingerprint density at radius 3 is 2.82 bits per heavy atom. The Bertz CT molecular complexity index is 731.